The minimum atomic E-state index is -0.203. The lowest BCUT2D eigenvalue weighted by atomic mass is 10.0. The molecule has 0 aliphatic rings. The van der Waals surface area contributed by atoms with Gasteiger partial charge in [0.15, 0.2) is 4.67 Å². The summed E-state index contributed by atoms with van der Waals surface area (Å²) in [7, 11) is 1.60. The van der Waals surface area contributed by atoms with Crippen LogP contribution in [0.1, 0.15) is 17.2 Å². The van der Waals surface area contributed by atoms with Gasteiger partial charge in [0, 0.05) is 11.8 Å². The first-order chi connectivity index (χ1) is 8.26. The average molecular weight is 298 g/mol. The van der Waals surface area contributed by atoms with Gasteiger partial charge in [-0.1, -0.05) is 0 Å². The van der Waals surface area contributed by atoms with Gasteiger partial charge in [-0.05, 0) is 33.6 Å². The van der Waals surface area contributed by atoms with E-state index in [1.54, 1.807) is 25.8 Å². The van der Waals surface area contributed by atoms with Crippen molar-refractivity contribution in [2.75, 3.05) is 7.11 Å². The van der Waals surface area contributed by atoms with E-state index in [1.807, 2.05) is 12.1 Å². The lowest BCUT2D eigenvalue weighted by molar-refractivity contribution is 0.411. The molecule has 0 aromatic carbocycles. The zero-order valence-corrected chi connectivity index (χ0v) is 10.8. The van der Waals surface area contributed by atoms with Crippen molar-refractivity contribution < 1.29 is 9.15 Å². The molecule has 0 aliphatic carbocycles. The minimum absolute atomic E-state index is 0.203. The third-order valence-corrected chi connectivity index (χ3v) is 3.07. The van der Waals surface area contributed by atoms with Crippen LogP contribution in [0.3, 0.4) is 0 Å². The molecule has 2 heterocycles. The number of nitrogens with one attached hydrogen (secondary N) is 1. The second kappa shape index (κ2) is 5.31. The van der Waals surface area contributed by atoms with Gasteiger partial charge in [0.25, 0.3) is 0 Å². The Labute approximate surface area is 107 Å². The molecular formula is C11H12BrN3O2. The summed E-state index contributed by atoms with van der Waals surface area (Å²) in [4.78, 5) is 4.10. The van der Waals surface area contributed by atoms with Crippen LogP contribution in [0.15, 0.2) is 39.9 Å². The summed E-state index contributed by atoms with van der Waals surface area (Å²) in [6, 6.07) is 3.51. The third kappa shape index (κ3) is 2.49. The number of hydrogen-bond acceptors (Lipinski definition) is 5. The van der Waals surface area contributed by atoms with Crippen LogP contribution >= 0.6 is 15.9 Å². The summed E-state index contributed by atoms with van der Waals surface area (Å²) in [6.07, 6.45) is 4.96. The Morgan fingerprint density at radius 2 is 2.35 bits per heavy atom. The highest BCUT2D eigenvalue weighted by Gasteiger charge is 2.18. The third-order valence-electron chi connectivity index (χ3n) is 2.43. The molecule has 0 saturated carbocycles. The Morgan fingerprint density at radius 3 is 2.94 bits per heavy atom. The predicted octanol–water partition coefficient (Wildman–Crippen LogP) is 2.00. The topological polar surface area (TPSA) is 73.3 Å². The number of hydrazine groups is 1. The maximum absolute atomic E-state index is 5.58. The van der Waals surface area contributed by atoms with Crippen LogP contribution in [0.2, 0.25) is 0 Å². The summed E-state index contributed by atoms with van der Waals surface area (Å²) < 4.78 is 11.0. The lowest BCUT2D eigenvalue weighted by Gasteiger charge is -2.15. The van der Waals surface area contributed by atoms with Gasteiger partial charge in [-0.3, -0.25) is 10.8 Å². The number of methoxy groups -OCH3 is 1. The zero-order valence-electron chi connectivity index (χ0n) is 9.18. The second-order valence-electron chi connectivity index (χ2n) is 3.41. The molecule has 0 aliphatic heterocycles. The number of nitrogens with two attached hydrogens (primary N) is 1. The summed E-state index contributed by atoms with van der Waals surface area (Å²) in [6.45, 7) is 0. The summed E-state index contributed by atoms with van der Waals surface area (Å²) in [5.41, 5.74) is 4.53. The van der Waals surface area contributed by atoms with Crippen LogP contribution in [-0.4, -0.2) is 12.1 Å². The van der Waals surface area contributed by atoms with E-state index in [4.69, 9.17) is 15.0 Å². The Balaban J connectivity index is 2.38. The van der Waals surface area contributed by atoms with E-state index in [1.165, 1.54) is 0 Å². The van der Waals surface area contributed by atoms with E-state index in [2.05, 4.69) is 26.3 Å². The zero-order chi connectivity index (χ0) is 12.3. The molecule has 0 spiro atoms. The highest BCUT2D eigenvalue weighted by atomic mass is 79.9. The van der Waals surface area contributed by atoms with E-state index in [-0.39, 0.29) is 6.04 Å². The number of rotatable bonds is 4. The number of pyridine rings is 1. The van der Waals surface area contributed by atoms with Crippen LogP contribution in [0.25, 0.3) is 0 Å². The summed E-state index contributed by atoms with van der Waals surface area (Å²) in [5, 5.41) is 0. The van der Waals surface area contributed by atoms with E-state index < -0.39 is 0 Å². The number of aromatic nitrogens is 1. The molecule has 90 valence electrons. The fraction of sp³-hybridized carbons (Fsp3) is 0.182. The van der Waals surface area contributed by atoms with Crippen LogP contribution in [0.5, 0.6) is 5.75 Å². The average Bonchev–Trinajstić information content (AvgIpc) is 2.77. The Hall–Kier alpha value is -1.37. The molecule has 0 amide bonds. The normalized spacial score (nSPS) is 12.4. The van der Waals surface area contributed by atoms with Gasteiger partial charge in [-0.15, -0.1) is 0 Å². The van der Waals surface area contributed by atoms with Crippen LogP contribution in [0.4, 0.5) is 0 Å². The first-order valence-electron chi connectivity index (χ1n) is 4.94. The largest absolute Gasteiger partial charge is 0.495 e. The van der Waals surface area contributed by atoms with E-state index >= 15 is 0 Å². The fourth-order valence-electron chi connectivity index (χ4n) is 1.58. The van der Waals surface area contributed by atoms with Crippen molar-refractivity contribution in [3.63, 3.8) is 0 Å². The minimum Gasteiger partial charge on any atom is -0.495 e. The fourth-order valence-corrected chi connectivity index (χ4v) is 2.05. The molecule has 0 bridgehead atoms. The summed E-state index contributed by atoms with van der Waals surface area (Å²) in [5.74, 6) is 6.26. The number of ether oxygens (including phenoxy) is 1. The number of furan rings is 1. The smallest absolute Gasteiger partial charge is 0.174 e. The van der Waals surface area contributed by atoms with Gasteiger partial charge in [0.1, 0.15) is 5.75 Å². The summed E-state index contributed by atoms with van der Waals surface area (Å²) >= 11 is 3.33. The number of nitrogens with zero attached hydrogens (tertiary/aromatic N) is 1. The monoisotopic (exact) mass is 297 g/mol. The molecule has 6 heteroatoms. The van der Waals surface area contributed by atoms with Gasteiger partial charge < -0.3 is 9.15 Å². The maximum Gasteiger partial charge on any atom is 0.174 e. The van der Waals surface area contributed by atoms with Gasteiger partial charge in [-0.25, -0.2) is 5.43 Å². The van der Waals surface area contributed by atoms with E-state index in [0.29, 0.717) is 10.4 Å². The Kier molecular flexibility index (Phi) is 3.78. The predicted molar refractivity (Wildman–Crippen MR) is 66.4 cm³/mol. The quantitative estimate of drug-likeness (QED) is 0.667. The first kappa shape index (κ1) is 12.1. The molecule has 2 aromatic rings. The van der Waals surface area contributed by atoms with Crippen molar-refractivity contribution in [3.8, 4) is 5.75 Å². The molecule has 0 fully saturated rings. The van der Waals surface area contributed by atoms with Crippen molar-refractivity contribution in [3.05, 3.63) is 46.6 Å². The van der Waals surface area contributed by atoms with Crippen molar-refractivity contribution in [2.24, 2.45) is 5.84 Å². The molecule has 17 heavy (non-hydrogen) atoms. The van der Waals surface area contributed by atoms with E-state index in [9.17, 15) is 0 Å². The Bertz CT molecular complexity index is 501. The van der Waals surface area contributed by atoms with Gasteiger partial charge >= 0.3 is 0 Å². The highest BCUT2D eigenvalue weighted by molar-refractivity contribution is 9.10. The van der Waals surface area contributed by atoms with Crippen molar-refractivity contribution in [1.29, 1.82) is 0 Å². The second-order valence-corrected chi connectivity index (χ2v) is 4.13. The van der Waals surface area contributed by atoms with Crippen molar-refractivity contribution in [2.45, 2.75) is 6.04 Å². The molecule has 0 radical (unpaired) electrons. The standard InChI is InChI=1S/C11H12BrN3O2/c1-16-8-4-7(5-14-6-8)10(15-13)9-2-3-17-11(9)12/h2-6,10,15H,13H2,1H3. The molecule has 0 saturated heterocycles. The van der Waals surface area contributed by atoms with Crippen molar-refractivity contribution in [1.82, 2.24) is 10.4 Å². The number of halogens is 1. The number of hydrogen-bond donors (Lipinski definition) is 2. The van der Waals surface area contributed by atoms with Gasteiger partial charge in [-0.2, -0.15) is 0 Å². The molecule has 2 aromatic heterocycles. The molecular weight excluding hydrogens is 286 g/mol. The molecule has 1 unspecified atom stereocenters. The molecule has 3 N–H and O–H groups in total. The van der Waals surface area contributed by atoms with E-state index in [0.717, 1.165) is 11.1 Å². The van der Waals surface area contributed by atoms with Crippen LogP contribution in [-0.2, 0) is 0 Å². The maximum atomic E-state index is 5.58. The Morgan fingerprint density at radius 1 is 1.53 bits per heavy atom. The lowest BCUT2D eigenvalue weighted by Crippen LogP contribution is -2.28. The molecule has 2 rings (SSSR count). The SMILES string of the molecule is COc1cncc(C(NN)c2ccoc2Br)c1. The first-order valence-corrected chi connectivity index (χ1v) is 5.73. The molecule has 1 atom stereocenters. The van der Waals surface area contributed by atoms with Crippen LogP contribution in [0, 0.1) is 0 Å². The van der Waals surface area contributed by atoms with Crippen LogP contribution < -0.4 is 16.0 Å². The molecule has 5 nitrogen and oxygen atoms in total. The van der Waals surface area contributed by atoms with Gasteiger partial charge in [0.05, 0.1) is 25.6 Å². The van der Waals surface area contributed by atoms with Gasteiger partial charge in [0.2, 0.25) is 0 Å². The highest BCUT2D eigenvalue weighted by Crippen LogP contribution is 2.29. The van der Waals surface area contributed by atoms with Crippen molar-refractivity contribution >= 4 is 15.9 Å².